The Kier molecular flexibility index (Phi) is 5.27. The van der Waals surface area contributed by atoms with Crippen LogP contribution in [0.15, 0.2) is 53.9 Å². The van der Waals surface area contributed by atoms with Crippen molar-refractivity contribution in [3.05, 3.63) is 75.2 Å². The standard InChI is InChI=1S/C20H17ClN2O3S/c21-13-5-7-14(8-6-13)26-11-19-22-17(12-27-19)20(24)23-16-9-10-25-18-4-2-1-3-15(16)18/h1-8,12,16H,9-11H2,(H,23,24). The van der Waals surface area contributed by atoms with Crippen LogP contribution in [0.25, 0.3) is 0 Å². The molecule has 1 aromatic heterocycles. The fourth-order valence-electron chi connectivity index (χ4n) is 2.88. The van der Waals surface area contributed by atoms with Crippen LogP contribution in [0.4, 0.5) is 0 Å². The number of ether oxygens (including phenoxy) is 2. The topological polar surface area (TPSA) is 60.5 Å². The molecular formula is C20H17ClN2O3S. The van der Waals surface area contributed by atoms with Gasteiger partial charge in [-0.2, -0.15) is 0 Å². The fraction of sp³-hybridized carbons (Fsp3) is 0.200. The Hall–Kier alpha value is -2.57. The summed E-state index contributed by atoms with van der Waals surface area (Å²) in [6.07, 6.45) is 0.736. The zero-order chi connectivity index (χ0) is 18.6. The molecule has 5 nitrogen and oxygen atoms in total. The maximum absolute atomic E-state index is 12.6. The summed E-state index contributed by atoms with van der Waals surface area (Å²) in [6, 6.07) is 14.8. The molecule has 2 heterocycles. The van der Waals surface area contributed by atoms with Crippen LogP contribution >= 0.6 is 22.9 Å². The van der Waals surface area contributed by atoms with Gasteiger partial charge in [-0.15, -0.1) is 11.3 Å². The van der Waals surface area contributed by atoms with Crippen molar-refractivity contribution in [2.45, 2.75) is 19.1 Å². The molecule has 1 aliphatic rings. The molecule has 27 heavy (non-hydrogen) atoms. The number of thiazole rings is 1. The second-order valence-electron chi connectivity index (χ2n) is 6.07. The van der Waals surface area contributed by atoms with Crippen LogP contribution in [0.2, 0.25) is 5.02 Å². The van der Waals surface area contributed by atoms with E-state index in [9.17, 15) is 4.79 Å². The predicted molar refractivity (Wildman–Crippen MR) is 105 cm³/mol. The first-order valence-electron chi connectivity index (χ1n) is 8.54. The lowest BCUT2D eigenvalue weighted by molar-refractivity contribution is 0.0920. The molecule has 7 heteroatoms. The van der Waals surface area contributed by atoms with E-state index in [-0.39, 0.29) is 11.9 Å². The summed E-state index contributed by atoms with van der Waals surface area (Å²) in [5.41, 5.74) is 1.40. The smallest absolute Gasteiger partial charge is 0.271 e. The monoisotopic (exact) mass is 400 g/mol. The van der Waals surface area contributed by atoms with Gasteiger partial charge < -0.3 is 14.8 Å². The van der Waals surface area contributed by atoms with Gasteiger partial charge >= 0.3 is 0 Å². The van der Waals surface area contributed by atoms with Crippen LogP contribution in [-0.4, -0.2) is 17.5 Å². The SMILES string of the molecule is O=C(NC1CCOc2ccccc21)c1csc(COc2ccc(Cl)cc2)n1. The number of fused-ring (bicyclic) bond motifs is 1. The molecule has 1 amide bonds. The summed E-state index contributed by atoms with van der Waals surface area (Å²) in [5, 5.41) is 6.20. The highest BCUT2D eigenvalue weighted by Gasteiger charge is 2.24. The van der Waals surface area contributed by atoms with Gasteiger partial charge in [-0.25, -0.2) is 4.98 Å². The number of aromatic nitrogens is 1. The minimum atomic E-state index is -0.189. The van der Waals surface area contributed by atoms with Gasteiger partial charge in [-0.1, -0.05) is 29.8 Å². The number of hydrogen-bond donors (Lipinski definition) is 1. The molecule has 1 atom stereocenters. The average Bonchev–Trinajstić information content (AvgIpc) is 3.17. The second kappa shape index (κ2) is 7.98. The first-order valence-corrected chi connectivity index (χ1v) is 9.80. The van der Waals surface area contributed by atoms with Gasteiger partial charge in [0.15, 0.2) is 0 Å². The molecule has 3 aromatic rings. The number of carbonyl (C=O) groups is 1. The van der Waals surface area contributed by atoms with Crippen molar-refractivity contribution >= 4 is 28.8 Å². The van der Waals surface area contributed by atoms with E-state index in [0.29, 0.717) is 29.7 Å². The van der Waals surface area contributed by atoms with Gasteiger partial charge in [0.25, 0.3) is 5.91 Å². The molecule has 1 aliphatic heterocycles. The lowest BCUT2D eigenvalue weighted by Crippen LogP contribution is -2.32. The van der Waals surface area contributed by atoms with Crippen molar-refractivity contribution in [1.29, 1.82) is 0 Å². The van der Waals surface area contributed by atoms with Crippen LogP contribution in [0.1, 0.15) is 33.5 Å². The normalized spacial score (nSPS) is 15.5. The molecule has 138 valence electrons. The Labute approximate surface area is 165 Å². The summed E-state index contributed by atoms with van der Waals surface area (Å²) in [7, 11) is 0. The predicted octanol–water partition coefficient (Wildman–Crippen LogP) is 4.63. The Morgan fingerprint density at radius 2 is 2.07 bits per heavy atom. The quantitative estimate of drug-likeness (QED) is 0.678. The van der Waals surface area contributed by atoms with E-state index in [2.05, 4.69) is 10.3 Å². The van der Waals surface area contributed by atoms with E-state index < -0.39 is 0 Å². The molecule has 0 bridgehead atoms. The van der Waals surface area contributed by atoms with Gasteiger partial charge in [0.1, 0.15) is 28.8 Å². The number of rotatable bonds is 5. The van der Waals surface area contributed by atoms with Crippen molar-refractivity contribution in [1.82, 2.24) is 10.3 Å². The highest BCUT2D eigenvalue weighted by atomic mass is 35.5. The third-order valence-electron chi connectivity index (χ3n) is 4.22. The molecule has 0 spiro atoms. The van der Waals surface area contributed by atoms with E-state index in [0.717, 1.165) is 22.7 Å². The number of hydrogen-bond acceptors (Lipinski definition) is 5. The van der Waals surface area contributed by atoms with E-state index in [1.165, 1.54) is 11.3 Å². The van der Waals surface area contributed by atoms with Crippen LogP contribution < -0.4 is 14.8 Å². The number of benzene rings is 2. The van der Waals surface area contributed by atoms with Gasteiger partial charge in [0.05, 0.1) is 12.6 Å². The fourth-order valence-corrected chi connectivity index (χ4v) is 3.69. The minimum absolute atomic E-state index is 0.0714. The molecule has 1 unspecified atom stereocenters. The van der Waals surface area contributed by atoms with E-state index in [4.69, 9.17) is 21.1 Å². The van der Waals surface area contributed by atoms with E-state index >= 15 is 0 Å². The Balaban J connectivity index is 1.38. The van der Waals surface area contributed by atoms with Crippen LogP contribution in [0, 0.1) is 0 Å². The molecular weight excluding hydrogens is 384 g/mol. The second-order valence-corrected chi connectivity index (χ2v) is 7.45. The van der Waals surface area contributed by atoms with Crippen molar-refractivity contribution in [3.63, 3.8) is 0 Å². The summed E-state index contributed by atoms with van der Waals surface area (Å²) in [4.78, 5) is 17.0. The lowest BCUT2D eigenvalue weighted by Gasteiger charge is -2.26. The Morgan fingerprint density at radius 1 is 1.26 bits per heavy atom. The van der Waals surface area contributed by atoms with E-state index in [1.54, 1.807) is 29.6 Å². The maximum Gasteiger partial charge on any atom is 0.271 e. The van der Waals surface area contributed by atoms with Gasteiger partial charge in [0.2, 0.25) is 0 Å². The summed E-state index contributed by atoms with van der Waals surface area (Å²) >= 11 is 7.26. The number of carbonyl (C=O) groups excluding carboxylic acids is 1. The highest BCUT2D eigenvalue weighted by Crippen LogP contribution is 2.31. The number of para-hydroxylation sites is 1. The van der Waals surface area contributed by atoms with Crippen LogP contribution in [0.5, 0.6) is 11.5 Å². The zero-order valence-corrected chi connectivity index (χ0v) is 15.9. The largest absolute Gasteiger partial charge is 0.493 e. The average molecular weight is 401 g/mol. The molecule has 0 fully saturated rings. The first-order chi connectivity index (χ1) is 13.2. The minimum Gasteiger partial charge on any atom is -0.493 e. The number of nitrogens with one attached hydrogen (secondary N) is 1. The van der Waals surface area contributed by atoms with Gasteiger partial charge in [-0.3, -0.25) is 4.79 Å². The molecule has 0 saturated heterocycles. The molecule has 1 N–H and O–H groups in total. The van der Waals surface area contributed by atoms with Gasteiger partial charge in [-0.05, 0) is 30.3 Å². The van der Waals surface area contributed by atoms with Crippen molar-refractivity contribution in [2.24, 2.45) is 0 Å². The van der Waals surface area contributed by atoms with Gasteiger partial charge in [0, 0.05) is 22.4 Å². The zero-order valence-electron chi connectivity index (χ0n) is 14.4. The summed E-state index contributed by atoms with van der Waals surface area (Å²) in [5.74, 6) is 1.34. The Bertz CT molecular complexity index is 942. The molecule has 4 rings (SSSR count). The number of halogens is 1. The van der Waals surface area contributed by atoms with Crippen LogP contribution in [0.3, 0.4) is 0 Å². The summed E-state index contributed by atoms with van der Waals surface area (Å²) < 4.78 is 11.3. The number of amides is 1. The molecule has 0 radical (unpaired) electrons. The molecule has 2 aromatic carbocycles. The summed E-state index contributed by atoms with van der Waals surface area (Å²) in [6.45, 7) is 0.888. The third-order valence-corrected chi connectivity index (χ3v) is 5.30. The highest BCUT2D eigenvalue weighted by molar-refractivity contribution is 7.09. The first kappa shape index (κ1) is 17.8. The van der Waals surface area contributed by atoms with Crippen molar-refractivity contribution in [2.75, 3.05) is 6.61 Å². The Morgan fingerprint density at radius 3 is 2.93 bits per heavy atom. The van der Waals surface area contributed by atoms with Crippen molar-refractivity contribution < 1.29 is 14.3 Å². The van der Waals surface area contributed by atoms with Crippen molar-refractivity contribution in [3.8, 4) is 11.5 Å². The third kappa shape index (κ3) is 4.23. The molecule has 0 aliphatic carbocycles. The van der Waals surface area contributed by atoms with E-state index in [1.807, 2.05) is 24.3 Å². The van der Waals surface area contributed by atoms with Crippen LogP contribution in [-0.2, 0) is 6.61 Å². The maximum atomic E-state index is 12.6. The molecule has 0 saturated carbocycles. The number of nitrogens with zero attached hydrogens (tertiary/aromatic N) is 1. The lowest BCUT2D eigenvalue weighted by atomic mass is 10.0.